The zero-order valence-electron chi connectivity index (χ0n) is 16.3. The lowest BCUT2D eigenvalue weighted by Crippen LogP contribution is -2.29. The summed E-state index contributed by atoms with van der Waals surface area (Å²) in [4.78, 5) is 19.0. The first-order valence-electron chi connectivity index (χ1n) is 8.79. The van der Waals surface area contributed by atoms with Gasteiger partial charge < -0.3 is 19.7 Å². The molecule has 0 saturated carbocycles. The molecule has 0 aliphatic rings. The van der Waals surface area contributed by atoms with E-state index in [1.54, 1.807) is 31.5 Å². The van der Waals surface area contributed by atoms with Gasteiger partial charge in [0.2, 0.25) is 0 Å². The van der Waals surface area contributed by atoms with E-state index in [2.05, 4.69) is 10.3 Å². The molecule has 0 radical (unpaired) electrons. The van der Waals surface area contributed by atoms with Crippen LogP contribution in [0.25, 0.3) is 0 Å². The van der Waals surface area contributed by atoms with Gasteiger partial charge in [-0.15, -0.1) is 11.3 Å². The van der Waals surface area contributed by atoms with Crippen molar-refractivity contribution in [1.29, 1.82) is 0 Å². The number of benzene rings is 2. The number of carbonyl (C=O) groups is 1. The Kier molecular flexibility index (Phi) is 6.16. The van der Waals surface area contributed by atoms with Crippen molar-refractivity contribution >= 4 is 28.1 Å². The first-order valence-corrected chi connectivity index (χ1v) is 9.67. The van der Waals surface area contributed by atoms with E-state index in [1.165, 1.54) is 11.3 Å². The fourth-order valence-corrected chi connectivity index (χ4v) is 3.39. The van der Waals surface area contributed by atoms with Crippen molar-refractivity contribution in [3.05, 3.63) is 65.2 Å². The van der Waals surface area contributed by atoms with Gasteiger partial charge in [0.25, 0.3) is 5.91 Å². The first kappa shape index (κ1) is 19.7. The number of rotatable bonds is 7. The number of amides is 1. The van der Waals surface area contributed by atoms with E-state index in [0.717, 1.165) is 22.7 Å². The highest BCUT2D eigenvalue weighted by atomic mass is 32.1. The summed E-state index contributed by atoms with van der Waals surface area (Å²) in [6, 6.07) is 15.2. The van der Waals surface area contributed by atoms with Crippen molar-refractivity contribution in [3.63, 3.8) is 0 Å². The van der Waals surface area contributed by atoms with E-state index in [-0.39, 0.29) is 11.9 Å². The topological polar surface area (TPSA) is 63.7 Å². The fourth-order valence-electron chi connectivity index (χ4n) is 2.69. The number of nitrogens with one attached hydrogen (secondary N) is 1. The number of methoxy groups -OCH3 is 2. The second-order valence-corrected chi connectivity index (χ2v) is 7.11. The summed E-state index contributed by atoms with van der Waals surface area (Å²) in [5.41, 5.74) is 2.33. The van der Waals surface area contributed by atoms with Crippen LogP contribution in [-0.4, -0.2) is 37.1 Å². The van der Waals surface area contributed by atoms with Gasteiger partial charge in [-0.25, -0.2) is 4.98 Å². The Hall–Kier alpha value is -3.06. The zero-order valence-corrected chi connectivity index (χ0v) is 17.1. The van der Waals surface area contributed by atoms with Crippen LogP contribution in [0.5, 0.6) is 11.5 Å². The summed E-state index contributed by atoms with van der Waals surface area (Å²) in [6.07, 6.45) is 0. The molecule has 0 aliphatic heterocycles. The molecule has 1 atom stereocenters. The minimum Gasteiger partial charge on any atom is -0.497 e. The highest BCUT2D eigenvalue weighted by Crippen LogP contribution is 2.26. The van der Waals surface area contributed by atoms with Gasteiger partial charge in [-0.3, -0.25) is 4.79 Å². The van der Waals surface area contributed by atoms with Crippen LogP contribution in [0, 0.1) is 0 Å². The van der Waals surface area contributed by atoms with Crippen LogP contribution < -0.4 is 14.8 Å². The molecule has 0 fully saturated rings. The minimum atomic E-state index is -0.123. The number of nitrogens with zero attached hydrogens (tertiary/aromatic N) is 2. The maximum atomic E-state index is 12.8. The Balaban J connectivity index is 1.67. The van der Waals surface area contributed by atoms with E-state index < -0.39 is 0 Å². The largest absolute Gasteiger partial charge is 0.497 e. The molecule has 2 aromatic carbocycles. The number of thiazole rings is 1. The molecule has 28 heavy (non-hydrogen) atoms. The van der Waals surface area contributed by atoms with Crippen LogP contribution in [0.3, 0.4) is 0 Å². The summed E-state index contributed by atoms with van der Waals surface area (Å²) in [5, 5.41) is 5.65. The van der Waals surface area contributed by atoms with Gasteiger partial charge >= 0.3 is 0 Å². The van der Waals surface area contributed by atoms with Gasteiger partial charge in [0.1, 0.15) is 17.2 Å². The average Bonchev–Trinajstić information content (AvgIpc) is 3.21. The van der Waals surface area contributed by atoms with Gasteiger partial charge in [0.05, 0.1) is 20.3 Å². The number of carbonyl (C=O) groups excluding carboxylic acids is 1. The van der Waals surface area contributed by atoms with E-state index in [0.29, 0.717) is 10.8 Å². The molecule has 6 nitrogen and oxygen atoms in total. The van der Waals surface area contributed by atoms with Gasteiger partial charge in [0, 0.05) is 18.1 Å². The molecule has 1 aromatic heterocycles. The van der Waals surface area contributed by atoms with E-state index in [9.17, 15) is 4.79 Å². The summed E-state index contributed by atoms with van der Waals surface area (Å²) in [6.45, 7) is 1.99. The van der Waals surface area contributed by atoms with Crippen molar-refractivity contribution < 1.29 is 14.3 Å². The predicted molar refractivity (Wildman–Crippen MR) is 112 cm³/mol. The number of ether oxygens (including phenoxy) is 2. The smallest absolute Gasteiger partial charge is 0.273 e. The van der Waals surface area contributed by atoms with Gasteiger partial charge in [-0.2, -0.15) is 0 Å². The van der Waals surface area contributed by atoms with Crippen molar-refractivity contribution in [2.45, 2.75) is 13.0 Å². The Morgan fingerprint density at radius 3 is 2.18 bits per heavy atom. The average molecular weight is 398 g/mol. The van der Waals surface area contributed by atoms with Gasteiger partial charge in [-0.05, 0) is 48.9 Å². The molecular weight excluding hydrogens is 374 g/mol. The third-order valence-corrected chi connectivity index (χ3v) is 5.32. The molecule has 3 aromatic rings. The van der Waals surface area contributed by atoms with Crippen LogP contribution in [0.1, 0.15) is 29.0 Å². The first-order chi connectivity index (χ1) is 13.5. The second-order valence-electron chi connectivity index (χ2n) is 6.26. The second kappa shape index (κ2) is 8.75. The molecular formula is C21H23N3O3S. The summed E-state index contributed by atoms with van der Waals surface area (Å²) < 4.78 is 10.3. The maximum Gasteiger partial charge on any atom is 0.273 e. The number of aromatic nitrogens is 1. The third kappa shape index (κ3) is 4.43. The molecule has 0 spiro atoms. The third-order valence-electron chi connectivity index (χ3n) is 4.56. The fraction of sp³-hybridized carbons (Fsp3) is 0.238. The lowest BCUT2D eigenvalue weighted by atomic mass is 10.1. The summed E-state index contributed by atoms with van der Waals surface area (Å²) in [7, 11) is 5.05. The van der Waals surface area contributed by atoms with Crippen LogP contribution in [-0.2, 0) is 0 Å². The molecule has 1 unspecified atom stereocenters. The standard InChI is InChI=1S/C21H23N3O3S/c1-14(15-5-9-17(26-3)10-6-15)24(2)20(25)19-13-28-21(23-19)22-16-7-11-18(27-4)12-8-16/h5-14H,1-4H3,(H,22,23). The molecule has 0 saturated heterocycles. The molecule has 7 heteroatoms. The normalized spacial score (nSPS) is 11.6. The molecule has 1 amide bonds. The number of hydrogen-bond donors (Lipinski definition) is 1. The van der Waals surface area contributed by atoms with E-state index >= 15 is 0 Å². The quantitative estimate of drug-likeness (QED) is 0.624. The molecule has 1 N–H and O–H groups in total. The van der Waals surface area contributed by atoms with Crippen LogP contribution in [0.2, 0.25) is 0 Å². The summed E-state index contributed by atoms with van der Waals surface area (Å²) in [5.74, 6) is 1.45. The van der Waals surface area contributed by atoms with E-state index in [1.807, 2.05) is 55.5 Å². The van der Waals surface area contributed by atoms with Crippen molar-refractivity contribution in [2.75, 3.05) is 26.6 Å². The minimum absolute atomic E-state index is 0.0851. The Morgan fingerprint density at radius 1 is 1.04 bits per heavy atom. The van der Waals surface area contributed by atoms with Crippen molar-refractivity contribution in [2.24, 2.45) is 0 Å². The highest BCUT2D eigenvalue weighted by molar-refractivity contribution is 7.14. The molecule has 146 valence electrons. The molecule has 0 aliphatic carbocycles. The van der Waals surface area contributed by atoms with Crippen molar-refractivity contribution in [3.8, 4) is 11.5 Å². The molecule has 1 heterocycles. The molecule has 3 rings (SSSR count). The van der Waals surface area contributed by atoms with E-state index in [4.69, 9.17) is 9.47 Å². The van der Waals surface area contributed by atoms with Crippen LogP contribution in [0.4, 0.5) is 10.8 Å². The monoisotopic (exact) mass is 397 g/mol. The van der Waals surface area contributed by atoms with Crippen LogP contribution in [0.15, 0.2) is 53.9 Å². The van der Waals surface area contributed by atoms with Gasteiger partial charge in [0.15, 0.2) is 5.13 Å². The lowest BCUT2D eigenvalue weighted by molar-refractivity contribution is 0.0737. The Labute approximate surface area is 168 Å². The van der Waals surface area contributed by atoms with Gasteiger partial charge in [-0.1, -0.05) is 12.1 Å². The molecule has 0 bridgehead atoms. The maximum absolute atomic E-state index is 12.8. The number of anilines is 2. The lowest BCUT2D eigenvalue weighted by Gasteiger charge is -2.24. The van der Waals surface area contributed by atoms with Crippen LogP contribution >= 0.6 is 11.3 Å². The predicted octanol–water partition coefficient (Wildman–Crippen LogP) is 4.74. The summed E-state index contributed by atoms with van der Waals surface area (Å²) >= 11 is 1.40. The van der Waals surface area contributed by atoms with Crippen molar-refractivity contribution in [1.82, 2.24) is 9.88 Å². The SMILES string of the molecule is COc1ccc(Nc2nc(C(=O)N(C)C(C)c3ccc(OC)cc3)cs2)cc1. The number of hydrogen-bond acceptors (Lipinski definition) is 6. The highest BCUT2D eigenvalue weighted by Gasteiger charge is 2.21. The Morgan fingerprint density at radius 2 is 1.61 bits per heavy atom. The zero-order chi connectivity index (χ0) is 20.1. The Bertz CT molecular complexity index is 923.